The van der Waals surface area contributed by atoms with Crippen LogP contribution in [0.25, 0.3) is 0 Å². The number of halogens is 2. The predicted molar refractivity (Wildman–Crippen MR) is 85.9 cm³/mol. The summed E-state index contributed by atoms with van der Waals surface area (Å²) in [5.74, 6) is -0.687. The Balaban J connectivity index is 1.91. The van der Waals surface area contributed by atoms with Gasteiger partial charge in [-0.2, -0.15) is 0 Å². The van der Waals surface area contributed by atoms with Crippen LogP contribution in [0.1, 0.15) is 10.6 Å². The van der Waals surface area contributed by atoms with Gasteiger partial charge in [0.2, 0.25) is 11.0 Å². The van der Waals surface area contributed by atoms with E-state index in [2.05, 4.69) is 20.4 Å². The maximum absolute atomic E-state index is 13.0. The van der Waals surface area contributed by atoms with Gasteiger partial charge in [-0.25, -0.2) is 4.39 Å². The molecule has 22 heavy (non-hydrogen) atoms. The maximum atomic E-state index is 13.0. The Morgan fingerprint density at radius 1 is 1.41 bits per heavy atom. The number of hydrogen-bond acceptors (Lipinski definition) is 5. The van der Waals surface area contributed by atoms with Gasteiger partial charge in [0, 0.05) is 18.0 Å². The van der Waals surface area contributed by atoms with Crippen molar-refractivity contribution in [2.24, 2.45) is 0 Å². The molecule has 0 radical (unpaired) electrons. The van der Waals surface area contributed by atoms with E-state index in [0.29, 0.717) is 10.7 Å². The Hall–Kier alpha value is -1.57. The molecule has 0 aliphatic heterocycles. The third-order valence-electron chi connectivity index (χ3n) is 2.85. The quantitative estimate of drug-likeness (QED) is 0.876. The van der Waals surface area contributed by atoms with Crippen LogP contribution in [0.5, 0.6) is 0 Å². The summed E-state index contributed by atoms with van der Waals surface area (Å²) in [6.07, 6.45) is 0.843. The minimum absolute atomic E-state index is 0.0612. The van der Waals surface area contributed by atoms with Crippen LogP contribution >= 0.6 is 22.9 Å². The number of carbonyl (C=O) groups is 1. The molecule has 118 valence electrons. The average molecular weight is 343 g/mol. The van der Waals surface area contributed by atoms with Crippen LogP contribution in [0, 0.1) is 5.82 Å². The Kier molecular flexibility index (Phi) is 5.82. The number of nitrogens with one attached hydrogen (secondary N) is 1. The molecule has 5 nitrogen and oxygen atoms in total. The number of hydrogen-bond donors (Lipinski definition) is 1. The second-order valence-electron chi connectivity index (χ2n) is 5.01. The molecule has 1 aromatic carbocycles. The van der Waals surface area contributed by atoms with Crippen LogP contribution in [0.3, 0.4) is 0 Å². The normalized spacial score (nSPS) is 11.0. The van der Waals surface area contributed by atoms with Crippen LogP contribution in [0.2, 0.25) is 5.02 Å². The average Bonchev–Trinajstić information content (AvgIpc) is 2.87. The predicted octanol–water partition coefficient (Wildman–Crippen LogP) is 2.62. The van der Waals surface area contributed by atoms with E-state index in [-0.39, 0.29) is 17.4 Å². The molecule has 1 heterocycles. The van der Waals surface area contributed by atoms with Crippen LogP contribution in [-0.2, 0) is 17.6 Å². The molecule has 0 saturated carbocycles. The zero-order valence-corrected chi connectivity index (χ0v) is 13.8. The molecular weight excluding hydrogens is 327 g/mol. The van der Waals surface area contributed by atoms with Gasteiger partial charge in [-0.05, 0) is 31.8 Å². The molecule has 1 amide bonds. The second kappa shape index (κ2) is 7.62. The fourth-order valence-corrected chi connectivity index (χ4v) is 2.70. The molecule has 0 atom stereocenters. The van der Waals surface area contributed by atoms with Crippen molar-refractivity contribution in [2.75, 3.05) is 26.0 Å². The van der Waals surface area contributed by atoms with Crippen molar-refractivity contribution < 1.29 is 9.18 Å². The van der Waals surface area contributed by atoms with Crippen LogP contribution < -0.4 is 5.32 Å². The number of likely N-dealkylation sites (N-methyl/N-ethyl adjacent to an activating group) is 1. The number of aromatic nitrogens is 2. The zero-order valence-electron chi connectivity index (χ0n) is 12.3. The van der Waals surface area contributed by atoms with E-state index >= 15 is 0 Å². The Morgan fingerprint density at radius 2 is 2.18 bits per heavy atom. The van der Waals surface area contributed by atoms with Gasteiger partial charge >= 0.3 is 0 Å². The number of benzene rings is 1. The Labute approximate surface area is 137 Å². The van der Waals surface area contributed by atoms with E-state index in [1.54, 1.807) is 0 Å². The van der Waals surface area contributed by atoms with E-state index in [9.17, 15) is 9.18 Å². The highest BCUT2D eigenvalue weighted by atomic mass is 35.5. The lowest BCUT2D eigenvalue weighted by Crippen LogP contribution is -2.14. The van der Waals surface area contributed by atoms with Gasteiger partial charge in [0.15, 0.2) is 0 Å². The highest BCUT2D eigenvalue weighted by Crippen LogP contribution is 2.19. The smallest absolute Gasteiger partial charge is 0.230 e. The molecule has 2 aromatic rings. The van der Waals surface area contributed by atoms with Gasteiger partial charge in [0.25, 0.3) is 0 Å². The molecule has 0 aliphatic carbocycles. The van der Waals surface area contributed by atoms with E-state index in [1.807, 2.05) is 14.1 Å². The summed E-state index contributed by atoms with van der Waals surface area (Å²) in [7, 11) is 3.96. The van der Waals surface area contributed by atoms with E-state index in [1.165, 1.54) is 29.5 Å². The number of nitrogens with zero attached hydrogens (tertiary/aromatic N) is 3. The SMILES string of the molecule is CN(C)CCc1nnc(NC(=O)Cc2ccc(F)cc2Cl)s1. The second-order valence-corrected chi connectivity index (χ2v) is 6.48. The number of rotatable bonds is 6. The van der Waals surface area contributed by atoms with E-state index in [4.69, 9.17) is 11.6 Å². The van der Waals surface area contributed by atoms with Gasteiger partial charge in [0.1, 0.15) is 10.8 Å². The third-order valence-corrected chi connectivity index (χ3v) is 4.10. The molecule has 0 bridgehead atoms. The topological polar surface area (TPSA) is 58.1 Å². The maximum Gasteiger partial charge on any atom is 0.230 e. The summed E-state index contributed by atoms with van der Waals surface area (Å²) in [4.78, 5) is 14.0. The van der Waals surface area contributed by atoms with Gasteiger partial charge in [-0.3, -0.25) is 4.79 Å². The lowest BCUT2D eigenvalue weighted by Gasteiger charge is -2.06. The first kappa shape index (κ1) is 16.8. The molecule has 2 rings (SSSR count). The fraction of sp³-hybridized carbons (Fsp3) is 0.357. The van der Waals surface area contributed by atoms with Gasteiger partial charge in [-0.1, -0.05) is 29.0 Å². The molecular formula is C14H16ClFN4OS. The Morgan fingerprint density at radius 3 is 2.86 bits per heavy atom. The van der Waals surface area contributed by atoms with E-state index < -0.39 is 5.82 Å². The van der Waals surface area contributed by atoms with Gasteiger partial charge in [0.05, 0.1) is 6.42 Å². The van der Waals surface area contributed by atoms with Crippen molar-refractivity contribution in [2.45, 2.75) is 12.8 Å². The summed E-state index contributed by atoms with van der Waals surface area (Å²) in [6, 6.07) is 3.97. The van der Waals surface area contributed by atoms with Crippen LogP contribution in [0.15, 0.2) is 18.2 Å². The highest BCUT2D eigenvalue weighted by Gasteiger charge is 2.11. The van der Waals surface area contributed by atoms with Crippen molar-refractivity contribution >= 4 is 34.0 Å². The summed E-state index contributed by atoms with van der Waals surface area (Å²) in [6.45, 7) is 0.869. The van der Waals surface area contributed by atoms with Crippen molar-refractivity contribution in [1.29, 1.82) is 0 Å². The highest BCUT2D eigenvalue weighted by molar-refractivity contribution is 7.15. The number of carbonyl (C=O) groups excluding carboxylic acids is 1. The molecule has 1 aromatic heterocycles. The summed E-state index contributed by atoms with van der Waals surface area (Å²) in [5, 5.41) is 12.2. The third kappa shape index (κ3) is 5.01. The van der Waals surface area contributed by atoms with E-state index in [0.717, 1.165) is 18.0 Å². The van der Waals surface area contributed by atoms with Gasteiger partial charge in [-0.15, -0.1) is 10.2 Å². The molecule has 1 N–H and O–H groups in total. The van der Waals surface area contributed by atoms with Crippen molar-refractivity contribution in [3.8, 4) is 0 Å². The van der Waals surface area contributed by atoms with Crippen LogP contribution in [-0.4, -0.2) is 41.6 Å². The monoisotopic (exact) mass is 342 g/mol. The van der Waals surface area contributed by atoms with Crippen molar-refractivity contribution in [3.05, 3.63) is 39.6 Å². The minimum atomic E-state index is -0.427. The first-order chi connectivity index (χ1) is 10.4. The fourth-order valence-electron chi connectivity index (χ4n) is 1.73. The molecule has 0 spiro atoms. The molecule has 0 fully saturated rings. The molecule has 0 saturated heterocycles. The molecule has 0 unspecified atom stereocenters. The standard InChI is InChI=1S/C14H16ClFN4OS/c1-20(2)6-5-13-18-19-14(22-13)17-12(21)7-9-3-4-10(16)8-11(9)15/h3-4,8H,5-7H2,1-2H3,(H,17,19,21). The lowest BCUT2D eigenvalue weighted by atomic mass is 10.1. The summed E-state index contributed by atoms with van der Waals surface area (Å²) < 4.78 is 13.0. The summed E-state index contributed by atoms with van der Waals surface area (Å²) in [5.41, 5.74) is 0.568. The van der Waals surface area contributed by atoms with Crippen LogP contribution in [0.4, 0.5) is 9.52 Å². The number of amides is 1. The molecule has 0 aliphatic rings. The molecule has 8 heteroatoms. The lowest BCUT2D eigenvalue weighted by molar-refractivity contribution is -0.115. The first-order valence-corrected chi connectivity index (χ1v) is 7.84. The zero-order chi connectivity index (χ0) is 16.1. The van der Waals surface area contributed by atoms with Crippen molar-refractivity contribution in [3.63, 3.8) is 0 Å². The van der Waals surface area contributed by atoms with Gasteiger partial charge < -0.3 is 10.2 Å². The largest absolute Gasteiger partial charge is 0.309 e. The number of anilines is 1. The first-order valence-electron chi connectivity index (χ1n) is 6.65. The van der Waals surface area contributed by atoms with Crippen molar-refractivity contribution in [1.82, 2.24) is 15.1 Å². The summed E-state index contributed by atoms with van der Waals surface area (Å²) >= 11 is 7.25. The Bertz CT molecular complexity index is 662. The minimum Gasteiger partial charge on any atom is -0.309 e.